The first kappa shape index (κ1) is 14.2. The van der Waals surface area contributed by atoms with E-state index in [4.69, 9.17) is 11.6 Å². The number of rotatable bonds is 3. The van der Waals surface area contributed by atoms with Crippen molar-refractivity contribution in [3.8, 4) is 0 Å². The molecular weight excluding hydrogens is 262 g/mol. The van der Waals surface area contributed by atoms with Gasteiger partial charge in [0.25, 0.3) is 0 Å². The maximum atomic E-state index is 12.0. The number of nitrogens with one attached hydrogen (secondary N) is 1. The number of halogens is 1. The molecule has 0 aliphatic carbocycles. The molecule has 0 saturated heterocycles. The van der Waals surface area contributed by atoms with Crippen LogP contribution in [0.15, 0.2) is 23.1 Å². The molecule has 0 saturated carbocycles. The molecule has 0 fully saturated rings. The summed E-state index contributed by atoms with van der Waals surface area (Å²) in [6.07, 6.45) is 1.57. The summed E-state index contributed by atoms with van der Waals surface area (Å²) in [4.78, 5) is 10.6. The maximum Gasteiger partial charge on any atom is 0.241 e. The van der Waals surface area contributed by atoms with E-state index in [1.54, 1.807) is 27.1 Å². The minimum atomic E-state index is -3.75. The van der Waals surface area contributed by atoms with Gasteiger partial charge in [0.2, 0.25) is 16.3 Å². The van der Waals surface area contributed by atoms with E-state index >= 15 is 0 Å². The van der Waals surface area contributed by atoms with E-state index in [2.05, 4.69) is 4.72 Å². The average molecular weight is 275 g/mol. The number of carbonyl (C=O) groups excluding carboxylic acids is 1. The van der Waals surface area contributed by atoms with Crippen molar-refractivity contribution in [3.05, 3.63) is 28.8 Å². The number of benzene rings is 1. The topological polar surface area (TPSA) is 63.2 Å². The molecule has 0 amide bonds. The Balaban J connectivity index is 3.29. The van der Waals surface area contributed by atoms with Crippen LogP contribution in [0.2, 0.25) is 5.02 Å². The first-order valence-corrected chi connectivity index (χ1v) is 6.73. The second kappa shape index (κ2) is 4.76. The number of hydrogen-bond acceptors (Lipinski definition) is 3. The standard InChI is InChI=1S/C11H13ClNO3S/c1-11(2,3)13-17(15,16)10-5-4-9(12)6-8(10)7-14/h4-6,13H,1-3H3. The molecule has 1 N–H and O–H groups in total. The Hall–Kier alpha value is -0.910. The monoisotopic (exact) mass is 274 g/mol. The second-order valence-electron chi connectivity index (χ2n) is 4.60. The lowest BCUT2D eigenvalue weighted by atomic mass is 10.1. The van der Waals surface area contributed by atoms with Gasteiger partial charge >= 0.3 is 0 Å². The highest BCUT2D eigenvalue weighted by molar-refractivity contribution is 7.89. The fourth-order valence-electron chi connectivity index (χ4n) is 1.27. The van der Waals surface area contributed by atoms with Gasteiger partial charge < -0.3 is 0 Å². The largest absolute Gasteiger partial charge is 0.285 e. The van der Waals surface area contributed by atoms with Crippen molar-refractivity contribution in [2.24, 2.45) is 0 Å². The molecule has 17 heavy (non-hydrogen) atoms. The predicted octanol–water partition coefficient (Wildman–Crippen LogP) is 1.87. The van der Waals surface area contributed by atoms with E-state index in [0.29, 0.717) is 0 Å². The summed E-state index contributed by atoms with van der Waals surface area (Å²) in [5.74, 6) is 0. The van der Waals surface area contributed by atoms with Crippen molar-refractivity contribution in [1.29, 1.82) is 0 Å². The first-order valence-electron chi connectivity index (χ1n) is 4.87. The Bertz CT molecular complexity index is 532. The second-order valence-corrected chi connectivity index (χ2v) is 6.69. The van der Waals surface area contributed by atoms with Crippen molar-refractivity contribution >= 4 is 27.9 Å². The lowest BCUT2D eigenvalue weighted by Gasteiger charge is -2.20. The molecule has 0 unspecified atom stereocenters. The van der Waals surface area contributed by atoms with Gasteiger partial charge in [-0.2, -0.15) is 0 Å². The Morgan fingerprint density at radius 1 is 1.29 bits per heavy atom. The molecule has 1 aromatic carbocycles. The van der Waals surface area contributed by atoms with Crippen LogP contribution in [0.25, 0.3) is 0 Å². The minimum absolute atomic E-state index is 0.0748. The lowest BCUT2D eigenvalue weighted by molar-refractivity contribution is 0.491. The molecule has 0 heterocycles. The highest BCUT2D eigenvalue weighted by atomic mass is 35.5. The van der Waals surface area contributed by atoms with Crippen molar-refractivity contribution < 1.29 is 13.2 Å². The van der Waals surface area contributed by atoms with Gasteiger partial charge in [0.15, 0.2) is 0 Å². The molecule has 93 valence electrons. The predicted molar refractivity (Wildman–Crippen MR) is 66.3 cm³/mol. The lowest BCUT2D eigenvalue weighted by Crippen LogP contribution is -2.40. The van der Waals surface area contributed by atoms with E-state index < -0.39 is 15.6 Å². The summed E-state index contributed by atoms with van der Waals surface area (Å²) in [7, 11) is -3.75. The zero-order chi connectivity index (χ0) is 13.3. The molecule has 0 bridgehead atoms. The fraction of sp³-hybridized carbons (Fsp3) is 0.364. The van der Waals surface area contributed by atoms with Crippen molar-refractivity contribution in [2.45, 2.75) is 31.2 Å². The molecule has 0 aromatic heterocycles. The Morgan fingerprint density at radius 3 is 2.35 bits per heavy atom. The van der Waals surface area contributed by atoms with Gasteiger partial charge in [0.1, 0.15) is 0 Å². The summed E-state index contributed by atoms with van der Waals surface area (Å²) < 4.78 is 26.5. The summed E-state index contributed by atoms with van der Waals surface area (Å²) >= 11 is 5.68. The van der Waals surface area contributed by atoms with Crippen LogP contribution in [-0.4, -0.2) is 20.2 Å². The Kier molecular flexibility index (Phi) is 3.96. The molecule has 1 rings (SSSR count). The zero-order valence-electron chi connectivity index (χ0n) is 9.74. The van der Waals surface area contributed by atoms with Crippen LogP contribution in [0.1, 0.15) is 26.3 Å². The van der Waals surface area contributed by atoms with E-state index in [0.717, 1.165) is 0 Å². The fourth-order valence-corrected chi connectivity index (χ4v) is 3.00. The van der Waals surface area contributed by atoms with Crippen LogP contribution in [0, 0.1) is 0 Å². The third-order valence-electron chi connectivity index (χ3n) is 1.78. The highest BCUT2D eigenvalue weighted by Crippen LogP contribution is 2.20. The third kappa shape index (κ3) is 3.80. The van der Waals surface area contributed by atoms with Gasteiger partial charge in [-0.05, 0) is 39.0 Å². The first-order chi connectivity index (χ1) is 7.65. The van der Waals surface area contributed by atoms with Crippen LogP contribution in [-0.2, 0) is 14.8 Å². The molecule has 1 radical (unpaired) electrons. The van der Waals surface area contributed by atoms with Crippen LogP contribution in [0.5, 0.6) is 0 Å². The number of hydrogen-bond donors (Lipinski definition) is 1. The summed E-state index contributed by atoms with van der Waals surface area (Å²) in [6.45, 7) is 5.14. The van der Waals surface area contributed by atoms with Gasteiger partial charge in [-0.15, -0.1) is 0 Å². The Labute approximate surface area is 106 Å². The van der Waals surface area contributed by atoms with Crippen LogP contribution in [0.4, 0.5) is 0 Å². The van der Waals surface area contributed by atoms with Crippen LogP contribution in [0.3, 0.4) is 0 Å². The van der Waals surface area contributed by atoms with E-state index in [1.807, 2.05) is 0 Å². The molecular formula is C11H13ClNO3S. The van der Waals surface area contributed by atoms with Gasteiger partial charge in [-0.25, -0.2) is 13.1 Å². The molecule has 0 spiro atoms. The van der Waals surface area contributed by atoms with Crippen molar-refractivity contribution in [1.82, 2.24) is 4.72 Å². The average Bonchev–Trinajstić information content (AvgIpc) is 2.13. The van der Waals surface area contributed by atoms with Gasteiger partial charge in [-0.3, -0.25) is 4.79 Å². The molecule has 0 aliphatic rings. The van der Waals surface area contributed by atoms with Crippen molar-refractivity contribution in [2.75, 3.05) is 0 Å². The molecule has 0 aliphatic heterocycles. The minimum Gasteiger partial charge on any atom is -0.285 e. The summed E-state index contributed by atoms with van der Waals surface area (Å²) in [5.41, 5.74) is -0.701. The van der Waals surface area contributed by atoms with Crippen LogP contribution < -0.4 is 4.72 Å². The van der Waals surface area contributed by atoms with E-state index in [1.165, 1.54) is 18.2 Å². The normalized spacial score (nSPS) is 12.5. The molecule has 1 aromatic rings. The smallest absolute Gasteiger partial charge is 0.241 e. The zero-order valence-corrected chi connectivity index (χ0v) is 11.3. The highest BCUT2D eigenvalue weighted by Gasteiger charge is 2.24. The molecule has 6 heteroatoms. The quantitative estimate of drug-likeness (QED) is 0.915. The molecule has 4 nitrogen and oxygen atoms in total. The maximum absolute atomic E-state index is 12.0. The number of sulfonamides is 1. The van der Waals surface area contributed by atoms with Crippen LogP contribution >= 0.6 is 11.6 Å². The van der Waals surface area contributed by atoms with Gasteiger partial charge in [0.05, 0.1) is 4.90 Å². The van der Waals surface area contributed by atoms with Crippen molar-refractivity contribution in [3.63, 3.8) is 0 Å². The summed E-state index contributed by atoms with van der Waals surface area (Å²) in [5, 5.41) is 0.290. The third-order valence-corrected chi connectivity index (χ3v) is 3.83. The van der Waals surface area contributed by atoms with E-state index in [9.17, 15) is 13.2 Å². The van der Waals surface area contributed by atoms with E-state index in [-0.39, 0.29) is 15.5 Å². The summed E-state index contributed by atoms with van der Waals surface area (Å²) in [6, 6.07) is 3.97. The van der Waals surface area contributed by atoms with Gasteiger partial charge in [0, 0.05) is 16.1 Å². The SMILES string of the molecule is CC(C)(C)NS(=O)(=O)c1ccc(Cl)cc1[C]=O. The van der Waals surface area contributed by atoms with Gasteiger partial charge in [-0.1, -0.05) is 11.6 Å². The Morgan fingerprint density at radius 2 is 1.88 bits per heavy atom. The molecule has 0 atom stereocenters.